The molecular formula is C20H33NO. The third-order valence-corrected chi connectivity index (χ3v) is 3.85. The van der Waals surface area contributed by atoms with Gasteiger partial charge < -0.3 is 5.11 Å². The minimum absolute atomic E-state index is 0.120. The first-order valence-electron chi connectivity index (χ1n) is 8.27. The van der Waals surface area contributed by atoms with E-state index >= 15 is 0 Å². The minimum Gasteiger partial charge on any atom is -0.393 e. The van der Waals surface area contributed by atoms with E-state index < -0.39 is 0 Å². The second-order valence-electron chi connectivity index (χ2n) is 8.56. The zero-order valence-electron chi connectivity index (χ0n) is 15.6. The Morgan fingerprint density at radius 2 is 1.41 bits per heavy atom. The van der Waals surface area contributed by atoms with Crippen LogP contribution in [0.1, 0.15) is 78.5 Å². The number of benzene rings is 1. The highest BCUT2D eigenvalue weighted by Crippen LogP contribution is 2.29. The molecule has 124 valence electrons. The topological polar surface area (TPSA) is 32.6 Å². The highest BCUT2D eigenvalue weighted by Gasteiger charge is 2.20. The first-order valence-corrected chi connectivity index (χ1v) is 8.27. The van der Waals surface area contributed by atoms with Gasteiger partial charge in [0.05, 0.1) is 6.10 Å². The Kier molecular flexibility index (Phi) is 5.97. The SMILES string of the molecule is CC(O)CC(C)N=Cc1cc(C(C)(C)C)cc(C(C)(C)C)c1. The van der Waals surface area contributed by atoms with Gasteiger partial charge in [0.25, 0.3) is 0 Å². The summed E-state index contributed by atoms with van der Waals surface area (Å²) in [5, 5.41) is 9.45. The van der Waals surface area contributed by atoms with Crippen LogP contribution in [-0.2, 0) is 10.8 Å². The first-order chi connectivity index (χ1) is 9.89. The summed E-state index contributed by atoms with van der Waals surface area (Å²) >= 11 is 0. The zero-order chi connectivity index (χ0) is 17.1. The summed E-state index contributed by atoms with van der Waals surface area (Å²) in [4.78, 5) is 4.60. The van der Waals surface area contributed by atoms with Gasteiger partial charge in [0.15, 0.2) is 0 Å². The Morgan fingerprint density at radius 1 is 0.955 bits per heavy atom. The van der Waals surface area contributed by atoms with E-state index in [0.717, 1.165) is 5.56 Å². The van der Waals surface area contributed by atoms with Crippen molar-refractivity contribution in [2.75, 3.05) is 0 Å². The number of aliphatic hydroxyl groups excluding tert-OH is 1. The van der Waals surface area contributed by atoms with E-state index in [1.807, 2.05) is 20.1 Å². The van der Waals surface area contributed by atoms with Crippen LogP contribution in [0.15, 0.2) is 23.2 Å². The van der Waals surface area contributed by atoms with Crippen molar-refractivity contribution in [3.63, 3.8) is 0 Å². The van der Waals surface area contributed by atoms with Crippen LogP contribution in [0.2, 0.25) is 0 Å². The molecule has 0 aliphatic rings. The summed E-state index contributed by atoms with van der Waals surface area (Å²) in [6.07, 6.45) is 2.34. The van der Waals surface area contributed by atoms with Gasteiger partial charge in [-0.15, -0.1) is 0 Å². The fourth-order valence-electron chi connectivity index (χ4n) is 2.36. The van der Waals surface area contributed by atoms with E-state index in [1.165, 1.54) is 11.1 Å². The molecular weight excluding hydrogens is 270 g/mol. The van der Waals surface area contributed by atoms with Crippen molar-refractivity contribution >= 4 is 6.21 Å². The normalized spacial score (nSPS) is 16.0. The Bertz CT molecular complexity index is 483. The molecule has 0 bridgehead atoms. The molecule has 1 aromatic rings. The van der Waals surface area contributed by atoms with Crippen LogP contribution in [-0.4, -0.2) is 23.5 Å². The molecule has 2 atom stereocenters. The molecule has 2 heteroatoms. The fraction of sp³-hybridized carbons (Fsp3) is 0.650. The third-order valence-electron chi connectivity index (χ3n) is 3.85. The predicted octanol–water partition coefficient (Wildman–Crippen LogP) is 4.86. The molecule has 1 N–H and O–H groups in total. The number of hydrogen-bond acceptors (Lipinski definition) is 2. The van der Waals surface area contributed by atoms with E-state index in [4.69, 9.17) is 0 Å². The van der Waals surface area contributed by atoms with Gasteiger partial charge in [-0.3, -0.25) is 4.99 Å². The van der Waals surface area contributed by atoms with Gasteiger partial charge in [-0.2, -0.15) is 0 Å². The number of rotatable bonds is 4. The Morgan fingerprint density at radius 3 is 1.77 bits per heavy atom. The lowest BCUT2D eigenvalue weighted by atomic mass is 9.79. The average molecular weight is 303 g/mol. The van der Waals surface area contributed by atoms with Gasteiger partial charge in [-0.1, -0.05) is 47.6 Å². The van der Waals surface area contributed by atoms with Crippen molar-refractivity contribution in [1.29, 1.82) is 0 Å². The van der Waals surface area contributed by atoms with Crippen molar-refractivity contribution in [2.45, 2.75) is 84.8 Å². The summed E-state index contributed by atoms with van der Waals surface area (Å²) < 4.78 is 0. The number of hydrogen-bond donors (Lipinski definition) is 1. The van der Waals surface area contributed by atoms with Crippen molar-refractivity contribution < 1.29 is 5.11 Å². The van der Waals surface area contributed by atoms with E-state index in [0.29, 0.717) is 6.42 Å². The molecule has 0 saturated heterocycles. The van der Waals surface area contributed by atoms with E-state index in [9.17, 15) is 5.11 Å². The number of nitrogens with zero attached hydrogens (tertiary/aromatic N) is 1. The summed E-state index contributed by atoms with van der Waals surface area (Å²) in [6, 6.07) is 6.91. The van der Waals surface area contributed by atoms with Gasteiger partial charge in [0.1, 0.15) is 0 Å². The van der Waals surface area contributed by atoms with E-state index in [2.05, 4.69) is 64.7 Å². The van der Waals surface area contributed by atoms with Gasteiger partial charge in [0.2, 0.25) is 0 Å². The quantitative estimate of drug-likeness (QED) is 0.792. The van der Waals surface area contributed by atoms with Gasteiger partial charge >= 0.3 is 0 Å². The highest BCUT2D eigenvalue weighted by molar-refractivity contribution is 5.80. The second kappa shape index (κ2) is 6.95. The summed E-state index contributed by atoms with van der Waals surface area (Å²) in [5.41, 5.74) is 4.06. The molecule has 0 radical (unpaired) electrons. The maximum Gasteiger partial charge on any atom is 0.0532 e. The van der Waals surface area contributed by atoms with Gasteiger partial charge in [-0.05, 0) is 59.9 Å². The standard InChI is InChI=1S/C20H33NO/c1-14(9-15(2)22)21-13-16-10-17(19(3,4)5)12-18(11-16)20(6,7)8/h10-15,22H,9H2,1-8H3. The highest BCUT2D eigenvalue weighted by atomic mass is 16.3. The van der Waals surface area contributed by atoms with Crippen LogP contribution in [0.4, 0.5) is 0 Å². The summed E-state index contributed by atoms with van der Waals surface area (Å²) in [6.45, 7) is 17.3. The third kappa shape index (κ3) is 5.92. The lowest BCUT2D eigenvalue weighted by Crippen LogP contribution is -2.17. The number of aliphatic hydroxyl groups is 1. The van der Waals surface area contributed by atoms with Crippen molar-refractivity contribution in [1.82, 2.24) is 0 Å². The first kappa shape index (κ1) is 18.9. The summed E-state index contributed by atoms with van der Waals surface area (Å²) in [5.74, 6) is 0. The maximum absolute atomic E-state index is 9.45. The van der Waals surface area contributed by atoms with E-state index in [1.54, 1.807) is 0 Å². The molecule has 0 aliphatic carbocycles. The zero-order valence-corrected chi connectivity index (χ0v) is 15.6. The summed E-state index contributed by atoms with van der Waals surface area (Å²) in [7, 11) is 0. The van der Waals surface area contributed by atoms with Crippen LogP contribution in [0, 0.1) is 0 Å². The molecule has 1 aromatic carbocycles. The smallest absolute Gasteiger partial charge is 0.0532 e. The van der Waals surface area contributed by atoms with E-state index in [-0.39, 0.29) is 23.0 Å². The Labute approximate surface area is 136 Å². The molecule has 0 saturated carbocycles. The Hall–Kier alpha value is -1.15. The van der Waals surface area contributed by atoms with Crippen LogP contribution < -0.4 is 0 Å². The lowest BCUT2D eigenvalue weighted by Gasteiger charge is -2.25. The molecule has 0 aromatic heterocycles. The van der Waals surface area contributed by atoms with Crippen molar-refractivity contribution in [3.8, 4) is 0 Å². The molecule has 0 fully saturated rings. The molecule has 0 spiro atoms. The van der Waals surface area contributed by atoms with Crippen LogP contribution in [0.25, 0.3) is 0 Å². The maximum atomic E-state index is 9.45. The molecule has 22 heavy (non-hydrogen) atoms. The fourth-order valence-corrected chi connectivity index (χ4v) is 2.36. The minimum atomic E-state index is -0.307. The average Bonchev–Trinajstić information content (AvgIpc) is 2.33. The Balaban J connectivity index is 3.16. The van der Waals surface area contributed by atoms with Gasteiger partial charge in [-0.25, -0.2) is 0 Å². The van der Waals surface area contributed by atoms with Crippen molar-refractivity contribution in [2.24, 2.45) is 4.99 Å². The molecule has 0 amide bonds. The van der Waals surface area contributed by atoms with Crippen LogP contribution in [0.3, 0.4) is 0 Å². The molecule has 0 heterocycles. The predicted molar refractivity (Wildman–Crippen MR) is 97.2 cm³/mol. The second-order valence-corrected chi connectivity index (χ2v) is 8.56. The van der Waals surface area contributed by atoms with Crippen LogP contribution in [0.5, 0.6) is 0 Å². The van der Waals surface area contributed by atoms with Gasteiger partial charge in [0, 0.05) is 12.3 Å². The molecule has 0 aliphatic heterocycles. The largest absolute Gasteiger partial charge is 0.393 e. The molecule has 2 nitrogen and oxygen atoms in total. The number of aliphatic imine (C=N–C) groups is 1. The molecule has 1 rings (SSSR count). The van der Waals surface area contributed by atoms with Crippen LogP contribution >= 0.6 is 0 Å². The lowest BCUT2D eigenvalue weighted by molar-refractivity contribution is 0.177. The monoisotopic (exact) mass is 303 g/mol. The molecule has 2 unspecified atom stereocenters. The van der Waals surface area contributed by atoms with Crippen molar-refractivity contribution in [3.05, 3.63) is 34.9 Å².